The summed E-state index contributed by atoms with van der Waals surface area (Å²) in [6, 6.07) is 5.02. The minimum absolute atomic E-state index is 0.0621. The van der Waals surface area contributed by atoms with Crippen LogP contribution < -0.4 is 4.72 Å². The Morgan fingerprint density at radius 2 is 2.08 bits per heavy atom. The number of carbonyl (C=O) groups excluding carboxylic acids is 2. The predicted octanol–water partition coefficient (Wildman–Crippen LogP) is 1.27. The number of nitrogens with one attached hydrogen (secondary N) is 1. The monoisotopic (exact) mass is 398 g/mol. The van der Waals surface area contributed by atoms with Gasteiger partial charge in [-0.3, -0.25) is 4.79 Å². The molecule has 0 aliphatic carbocycles. The molecule has 1 aromatic rings. The Kier molecular flexibility index (Phi) is 7.24. The first kappa shape index (κ1) is 20.5. The Balaban J connectivity index is 2.18. The van der Waals surface area contributed by atoms with Crippen LogP contribution in [0.2, 0.25) is 0 Å². The highest BCUT2D eigenvalue weighted by Gasteiger charge is 2.34. The van der Waals surface area contributed by atoms with E-state index in [2.05, 4.69) is 11.3 Å². The number of benzene rings is 1. The molecule has 0 radical (unpaired) electrons. The van der Waals surface area contributed by atoms with Gasteiger partial charge in [0.2, 0.25) is 10.0 Å². The van der Waals surface area contributed by atoms with E-state index in [0.29, 0.717) is 17.9 Å². The number of esters is 1. The SMILES string of the molecule is C=CCNS(=O)(=O)c1ccc(C(=O)N2CCSC[C@@H]2C(=O)OCC)cc1. The van der Waals surface area contributed by atoms with Crippen molar-refractivity contribution in [1.82, 2.24) is 9.62 Å². The maximum Gasteiger partial charge on any atom is 0.329 e. The molecule has 1 N–H and O–H groups in total. The predicted molar refractivity (Wildman–Crippen MR) is 101 cm³/mol. The van der Waals surface area contributed by atoms with E-state index in [-0.39, 0.29) is 24.0 Å². The van der Waals surface area contributed by atoms with Crippen LogP contribution in [0.15, 0.2) is 41.8 Å². The molecular formula is C17H22N2O5S2. The summed E-state index contributed by atoms with van der Waals surface area (Å²) in [6.45, 7) is 6.00. The second kappa shape index (κ2) is 9.20. The first-order chi connectivity index (χ1) is 12.4. The molecule has 9 heteroatoms. The summed E-state index contributed by atoms with van der Waals surface area (Å²) in [5, 5.41) is 0. The first-order valence-corrected chi connectivity index (χ1v) is 10.8. The molecule has 0 aromatic heterocycles. The van der Waals surface area contributed by atoms with Crippen molar-refractivity contribution in [2.24, 2.45) is 0 Å². The Bertz CT molecular complexity index is 762. The third-order valence-electron chi connectivity index (χ3n) is 3.78. The lowest BCUT2D eigenvalue weighted by molar-refractivity contribution is -0.147. The molecule has 1 atom stereocenters. The van der Waals surface area contributed by atoms with E-state index in [0.717, 1.165) is 5.75 Å². The van der Waals surface area contributed by atoms with Gasteiger partial charge in [0.05, 0.1) is 11.5 Å². The van der Waals surface area contributed by atoms with Crippen molar-refractivity contribution in [3.05, 3.63) is 42.5 Å². The molecule has 0 unspecified atom stereocenters. The minimum Gasteiger partial charge on any atom is -0.464 e. The topological polar surface area (TPSA) is 92.8 Å². The number of nitrogens with zero attached hydrogens (tertiary/aromatic N) is 1. The van der Waals surface area contributed by atoms with Crippen LogP contribution in [0.25, 0.3) is 0 Å². The molecule has 1 amide bonds. The number of amides is 1. The molecule has 0 bridgehead atoms. The van der Waals surface area contributed by atoms with Gasteiger partial charge < -0.3 is 9.64 Å². The van der Waals surface area contributed by atoms with Crippen molar-refractivity contribution in [2.75, 3.05) is 31.2 Å². The number of rotatable bonds is 7. The van der Waals surface area contributed by atoms with Crippen molar-refractivity contribution in [3.63, 3.8) is 0 Å². The van der Waals surface area contributed by atoms with Crippen LogP contribution in [0.1, 0.15) is 17.3 Å². The largest absolute Gasteiger partial charge is 0.464 e. The normalized spacial score (nSPS) is 17.6. The molecule has 1 saturated heterocycles. The molecule has 0 spiro atoms. The zero-order valence-electron chi connectivity index (χ0n) is 14.5. The van der Waals surface area contributed by atoms with Gasteiger partial charge in [-0.2, -0.15) is 11.8 Å². The van der Waals surface area contributed by atoms with Crippen molar-refractivity contribution in [2.45, 2.75) is 17.9 Å². The van der Waals surface area contributed by atoms with Crippen LogP contribution in [-0.4, -0.2) is 62.4 Å². The average molecular weight is 399 g/mol. The maximum absolute atomic E-state index is 12.8. The zero-order chi connectivity index (χ0) is 19.2. The summed E-state index contributed by atoms with van der Waals surface area (Å²) >= 11 is 1.60. The molecular weight excluding hydrogens is 376 g/mol. The van der Waals surface area contributed by atoms with E-state index in [4.69, 9.17) is 4.74 Å². The summed E-state index contributed by atoms with van der Waals surface area (Å²) in [5.74, 6) is 0.495. The van der Waals surface area contributed by atoms with Gasteiger partial charge in [-0.15, -0.1) is 6.58 Å². The highest BCUT2D eigenvalue weighted by atomic mass is 32.2. The smallest absolute Gasteiger partial charge is 0.329 e. The summed E-state index contributed by atoms with van der Waals surface area (Å²) in [5.41, 5.74) is 0.328. The van der Waals surface area contributed by atoms with Crippen LogP contribution in [-0.2, 0) is 19.6 Å². The van der Waals surface area contributed by atoms with Crippen LogP contribution in [0, 0.1) is 0 Å². The van der Waals surface area contributed by atoms with Crippen LogP contribution >= 0.6 is 11.8 Å². The molecule has 26 heavy (non-hydrogen) atoms. The van der Waals surface area contributed by atoms with Crippen LogP contribution in [0.5, 0.6) is 0 Å². The van der Waals surface area contributed by atoms with E-state index in [1.807, 2.05) is 0 Å². The van der Waals surface area contributed by atoms with Gasteiger partial charge in [0.1, 0.15) is 6.04 Å². The fourth-order valence-corrected chi connectivity index (χ4v) is 4.51. The van der Waals surface area contributed by atoms with Crippen molar-refractivity contribution < 1.29 is 22.7 Å². The van der Waals surface area contributed by atoms with Crippen LogP contribution in [0.4, 0.5) is 0 Å². The Hall–Kier alpha value is -1.84. The van der Waals surface area contributed by atoms with Crippen molar-refractivity contribution in [3.8, 4) is 0 Å². The quantitative estimate of drug-likeness (QED) is 0.549. The molecule has 0 saturated carbocycles. The van der Waals surface area contributed by atoms with Gasteiger partial charge in [-0.05, 0) is 31.2 Å². The molecule has 1 fully saturated rings. The summed E-state index contributed by atoms with van der Waals surface area (Å²) in [7, 11) is -3.64. The number of carbonyl (C=O) groups is 2. The number of thioether (sulfide) groups is 1. The summed E-state index contributed by atoms with van der Waals surface area (Å²) in [4.78, 5) is 26.4. The van der Waals surface area contributed by atoms with Gasteiger partial charge >= 0.3 is 5.97 Å². The third kappa shape index (κ3) is 4.87. The zero-order valence-corrected chi connectivity index (χ0v) is 16.1. The van der Waals surface area contributed by atoms with E-state index in [1.165, 1.54) is 35.2 Å². The Labute approximate surface area is 157 Å². The number of hydrogen-bond acceptors (Lipinski definition) is 6. The minimum atomic E-state index is -3.64. The highest BCUT2D eigenvalue weighted by molar-refractivity contribution is 7.99. The lowest BCUT2D eigenvalue weighted by Gasteiger charge is -2.33. The highest BCUT2D eigenvalue weighted by Crippen LogP contribution is 2.21. The van der Waals surface area contributed by atoms with Gasteiger partial charge in [-0.1, -0.05) is 6.08 Å². The molecule has 1 aliphatic rings. The standard InChI is InChI=1S/C17H22N2O5S2/c1-3-9-18-26(22,23)14-7-5-13(6-8-14)16(20)19-10-11-25-12-15(19)17(21)24-4-2/h3,5-8,15,18H,1,4,9-12H2,2H3/t15-/m1/s1. The molecule has 142 valence electrons. The second-order valence-electron chi connectivity index (χ2n) is 5.51. The van der Waals surface area contributed by atoms with E-state index >= 15 is 0 Å². The van der Waals surface area contributed by atoms with E-state index < -0.39 is 22.0 Å². The lowest BCUT2D eigenvalue weighted by atomic mass is 10.1. The van der Waals surface area contributed by atoms with Gasteiger partial charge in [-0.25, -0.2) is 17.9 Å². The fourth-order valence-electron chi connectivity index (χ4n) is 2.47. The summed E-state index contributed by atoms with van der Waals surface area (Å²) in [6.07, 6.45) is 1.44. The lowest BCUT2D eigenvalue weighted by Crippen LogP contribution is -2.51. The number of sulfonamides is 1. The molecule has 7 nitrogen and oxygen atoms in total. The van der Waals surface area contributed by atoms with Gasteiger partial charge in [0, 0.05) is 30.2 Å². The molecule has 1 aliphatic heterocycles. The van der Waals surface area contributed by atoms with E-state index in [1.54, 1.807) is 18.7 Å². The van der Waals surface area contributed by atoms with Crippen LogP contribution in [0.3, 0.4) is 0 Å². The van der Waals surface area contributed by atoms with Crippen molar-refractivity contribution in [1.29, 1.82) is 0 Å². The van der Waals surface area contributed by atoms with Crippen molar-refractivity contribution >= 4 is 33.7 Å². The first-order valence-electron chi connectivity index (χ1n) is 8.16. The molecule has 2 rings (SSSR count). The summed E-state index contributed by atoms with van der Waals surface area (Å²) < 4.78 is 31.6. The van der Waals surface area contributed by atoms with Gasteiger partial charge in [0.15, 0.2) is 0 Å². The third-order valence-corrected chi connectivity index (χ3v) is 6.24. The number of ether oxygens (including phenoxy) is 1. The Morgan fingerprint density at radius 3 is 2.69 bits per heavy atom. The maximum atomic E-state index is 12.8. The average Bonchev–Trinajstić information content (AvgIpc) is 2.66. The Morgan fingerprint density at radius 1 is 1.38 bits per heavy atom. The molecule has 1 aromatic carbocycles. The van der Waals surface area contributed by atoms with Gasteiger partial charge in [0.25, 0.3) is 5.91 Å². The second-order valence-corrected chi connectivity index (χ2v) is 8.42. The van der Waals surface area contributed by atoms with E-state index in [9.17, 15) is 18.0 Å². The number of hydrogen-bond donors (Lipinski definition) is 1. The fraction of sp³-hybridized carbons (Fsp3) is 0.412. The molecule has 1 heterocycles.